The molecule has 0 spiro atoms. The lowest BCUT2D eigenvalue weighted by atomic mass is 10.1. The van der Waals surface area contributed by atoms with E-state index in [0.717, 1.165) is 24.8 Å². The number of fused-ring (bicyclic) bond motifs is 1. The number of nitrogens with two attached hydrogens (primary N) is 1. The first-order valence-corrected chi connectivity index (χ1v) is 7.16. The summed E-state index contributed by atoms with van der Waals surface area (Å²) in [7, 11) is -3.83. The lowest BCUT2D eigenvalue weighted by Crippen LogP contribution is -2.13. The predicted molar refractivity (Wildman–Crippen MR) is 65.2 cm³/mol. The van der Waals surface area contributed by atoms with E-state index in [1.807, 2.05) is 18.2 Å². The van der Waals surface area contributed by atoms with Gasteiger partial charge in [-0.3, -0.25) is 0 Å². The highest BCUT2D eigenvalue weighted by Crippen LogP contribution is 2.26. The molecule has 0 saturated heterocycles. The van der Waals surface area contributed by atoms with Crippen molar-refractivity contribution < 1.29 is 8.42 Å². The van der Waals surface area contributed by atoms with Gasteiger partial charge in [-0.1, -0.05) is 12.1 Å². The smallest absolute Gasteiger partial charge is 0.248 e. The molecule has 1 aliphatic carbocycles. The van der Waals surface area contributed by atoms with Crippen LogP contribution < -0.4 is 5.14 Å². The molecule has 2 aromatic rings. The Morgan fingerprint density at radius 1 is 1.22 bits per heavy atom. The molecule has 0 saturated carbocycles. The van der Waals surface area contributed by atoms with Crippen LogP contribution in [0.15, 0.2) is 23.4 Å². The van der Waals surface area contributed by atoms with Gasteiger partial charge < -0.3 is 0 Å². The summed E-state index contributed by atoms with van der Waals surface area (Å²) in [6, 6.07) is 5.96. The summed E-state index contributed by atoms with van der Waals surface area (Å²) in [5.74, 6) is 0.355. The second-order valence-corrected chi connectivity index (χ2v) is 5.82. The van der Waals surface area contributed by atoms with Gasteiger partial charge in [0.05, 0.1) is 0 Å². The highest BCUT2D eigenvalue weighted by molar-refractivity contribution is 7.89. The SMILES string of the molecule is NS(=O)(=O)c1nc(-c2ccc3c(c2)CCC3)n[nH]1. The number of benzene rings is 1. The van der Waals surface area contributed by atoms with Crippen molar-refractivity contribution in [2.75, 3.05) is 0 Å². The minimum absolute atomic E-state index is 0.307. The van der Waals surface area contributed by atoms with Gasteiger partial charge in [-0.2, -0.15) is 10.1 Å². The molecule has 3 rings (SSSR count). The largest absolute Gasteiger partial charge is 0.273 e. The molecule has 1 aliphatic rings. The quantitative estimate of drug-likeness (QED) is 0.829. The molecule has 0 atom stereocenters. The van der Waals surface area contributed by atoms with E-state index >= 15 is 0 Å². The highest BCUT2D eigenvalue weighted by Gasteiger charge is 2.17. The molecule has 0 amide bonds. The molecule has 1 aromatic carbocycles. The number of aromatic nitrogens is 3. The van der Waals surface area contributed by atoms with Crippen molar-refractivity contribution in [1.82, 2.24) is 15.2 Å². The Hall–Kier alpha value is -1.73. The van der Waals surface area contributed by atoms with Gasteiger partial charge in [-0.25, -0.2) is 18.7 Å². The maximum Gasteiger partial charge on any atom is 0.273 e. The fourth-order valence-electron chi connectivity index (χ4n) is 2.21. The number of hydrogen-bond donors (Lipinski definition) is 2. The normalized spacial score (nSPS) is 14.7. The van der Waals surface area contributed by atoms with Crippen LogP contribution in [0.3, 0.4) is 0 Å². The van der Waals surface area contributed by atoms with Crippen molar-refractivity contribution in [3.8, 4) is 11.4 Å². The number of nitrogens with one attached hydrogen (secondary N) is 1. The molecule has 0 bridgehead atoms. The van der Waals surface area contributed by atoms with Gasteiger partial charge in [0.1, 0.15) is 0 Å². The fraction of sp³-hybridized carbons (Fsp3) is 0.273. The van der Waals surface area contributed by atoms with E-state index in [0.29, 0.717) is 5.82 Å². The van der Waals surface area contributed by atoms with E-state index in [1.165, 1.54) is 11.1 Å². The summed E-state index contributed by atoms with van der Waals surface area (Å²) in [6.45, 7) is 0. The number of aryl methyl sites for hydroxylation is 2. The highest BCUT2D eigenvalue weighted by atomic mass is 32.2. The van der Waals surface area contributed by atoms with Crippen molar-refractivity contribution in [3.63, 3.8) is 0 Å². The topological polar surface area (TPSA) is 102 Å². The van der Waals surface area contributed by atoms with Crippen LogP contribution >= 0.6 is 0 Å². The van der Waals surface area contributed by atoms with Gasteiger partial charge in [0.15, 0.2) is 5.82 Å². The number of hydrogen-bond acceptors (Lipinski definition) is 4. The van der Waals surface area contributed by atoms with Crippen LogP contribution in [0.2, 0.25) is 0 Å². The Kier molecular flexibility index (Phi) is 2.46. The molecule has 0 aliphatic heterocycles. The first kappa shape index (κ1) is 11.4. The third-order valence-corrected chi connectivity index (χ3v) is 3.81. The van der Waals surface area contributed by atoms with Gasteiger partial charge in [-0.05, 0) is 36.5 Å². The standard InChI is InChI=1S/C11H12N4O2S/c12-18(16,17)11-13-10(14-15-11)9-5-4-7-2-1-3-8(7)6-9/h4-6H,1-3H2,(H2,12,16,17)(H,13,14,15). The Morgan fingerprint density at radius 3 is 2.72 bits per heavy atom. The van der Waals surface area contributed by atoms with Crippen LogP contribution in [0.1, 0.15) is 17.5 Å². The molecular weight excluding hydrogens is 252 g/mol. The Morgan fingerprint density at radius 2 is 2.00 bits per heavy atom. The van der Waals surface area contributed by atoms with E-state index in [9.17, 15) is 8.42 Å². The molecule has 6 nitrogen and oxygen atoms in total. The molecule has 0 fully saturated rings. The summed E-state index contributed by atoms with van der Waals surface area (Å²) in [4.78, 5) is 3.90. The molecular formula is C11H12N4O2S. The van der Waals surface area contributed by atoms with Crippen molar-refractivity contribution in [2.45, 2.75) is 24.4 Å². The van der Waals surface area contributed by atoms with Gasteiger partial charge in [0, 0.05) is 5.56 Å². The molecule has 1 heterocycles. The molecule has 94 valence electrons. The second kappa shape index (κ2) is 3.89. The van der Waals surface area contributed by atoms with Crippen LogP contribution in [0.4, 0.5) is 0 Å². The molecule has 1 aromatic heterocycles. The molecule has 0 radical (unpaired) electrons. The molecule has 3 N–H and O–H groups in total. The average Bonchev–Trinajstić information content (AvgIpc) is 2.96. The summed E-state index contributed by atoms with van der Waals surface area (Å²) in [5, 5.41) is 10.9. The Balaban J connectivity index is 2.03. The molecule has 18 heavy (non-hydrogen) atoms. The van der Waals surface area contributed by atoms with Gasteiger partial charge in [0.25, 0.3) is 15.2 Å². The zero-order chi connectivity index (χ0) is 12.8. The van der Waals surface area contributed by atoms with E-state index in [-0.39, 0.29) is 5.16 Å². The number of nitrogens with zero attached hydrogens (tertiary/aromatic N) is 2. The molecule has 0 unspecified atom stereocenters. The number of rotatable bonds is 2. The summed E-state index contributed by atoms with van der Waals surface area (Å²) in [5.41, 5.74) is 3.44. The first-order chi connectivity index (χ1) is 8.54. The number of H-pyrrole nitrogens is 1. The third-order valence-electron chi connectivity index (χ3n) is 3.09. The summed E-state index contributed by atoms with van der Waals surface area (Å²) >= 11 is 0. The number of primary sulfonamides is 1. The van der Waals surface area contributed by atoms with Crippen LogP contribution in [0.25, 0.3) is 11.4 Å². The van der Waals surface area contributed by atoms with Gasteiger partial charge in [-0.15, -0.1) is 0 Å². The van der Waals surface area contributed by atoms with Crippen molar-refractivity contribution >= 4 is 10.0 Å². The van der Waals surface area contributed by atoms with Crippen molar-refractivity contribution in [2.24, 2.45) is 5.14 Å². The minimum atomic E-state index is -3.83. The first-order valence-electron chi connectivity index (χ1n) is 5.61. The predicted octanol–water partition coefficient (Wildman–Crippen LogP) is 0.608. The number of aromatic amines is 1. The number of sulfonamides is 1. The maximum atomic E-state index is 11.1. The minimum Gasteiger partial charge on any atom is -0.248 e. The third kappa shape index (κ3) is 1.91. The van der Waals surface area contributed by atoms with E-state index in [1.54, 1.807) is 0 Å². The average molecular weight is 264 g/mol. The van der Waals surface area contributed by atoms with Crippen LogP contribution in [0, 0.1) is 0 Å². The Labute approximate surface area is 104 Å². The monoisotopic (exact) mass is 264 g/mol. The zero-order valence-electron chi connectivity index (χ0n) is 9.55. The lowest BCUT2D eigenvalue weighted by Gasteiger charge is -2.00. The Bertz CT molecular complexity index is 706. The van der Waals surface area contributed by atoms with Crippen LogP contribution in [-0.4, -0.2) is 23.6 Å². The summed E-state index contributed by atoms with van der Waals surface area (Å²) in [6.07, 6.45) is 3.32. The van der Waals surface area contributed by atoms with E-state index in [2.05, 4.69) is 15.2 Å². The van der Waals surface area contributed by atoms with Crippen LogP contribution in [0.5, 0.6) is 0 Å². The zero-order valence-corrected chi connectivity index (χ0v) is 10.4. The van der Waals surface area contributed by atoms with E-state index in [4.69, 9.17) is 5.14 Å². The van der Waals surface area contributed by atoms with E-state index < -0.39 is 10.0 Å². The van der Waals surface area contributed by atoms with Gasteiger partial charge in [0.2, 0.25) is 0 Å². The fourth-order valence-corrected chi connectivity index (χ4v) is 2.60. The van der Waals surface area contributed by atoms with Crippen LogP contribution in [-0.2, 0) is 22.9 Å². The van der Waals surface area contributed by atoms with Crippen molar-refractivity contribution in [3.05, 3.63) is 29.3 Å². The second-order valence-electron chi connectivity index (χ2n) is 4.35. The van der Waals surface area contributed by atoms with Crippen molar-refractivity contribution in [1.29, 1.82) is 0 Å². The lowest BCUT2D eigenvalue weighted by molar-refractivity contribution is 0.589. The van der Waals surface area contributed by atoms with Gasteiger partial charge >= 0.3 is 0 Å². The maximum absolute atomic E-state index is 11.1. The molecule has 7 heteroatoms. The summed E-state index contributed by atoms with van der Waals surface area (Å²) < 4.78 is 22.2.